The molecule has 7 nitrogen and oxygen atoms in total. The highest BCUT2D eigenvalue weighted by atomic mass is 35.5. The molecule has 2 rings (SSSR count). The summed E-state index contributed by atoms with van der Waals surface area (Å²) in [5.41, 5.74) is 2.75. The molecule has 1 amide bonds. The molecule has 29 heavy (non-hydrogen) atoms. The van der Waals surface area contributed by atoms with E-state index in [2.05, 4.69) is 30.7 Å². The molecule has 0 fully saturated rings. The maximum absolute atomic E-state index is 12.6. The lowest BCUT2D eigenvalue weighted by Gasteiger charge is -2.13. The fourth-order valence-electron chi connectivity index (χ4n) is 2.35. The number of nitrogens with one attached hydrogen (secondary N) is 3. The van der Waals surface area contributed by atoms with Gasteiger partial charge in [-0.3, -0.25) is 4.79 Å². The van der Waals surface area contributed by atoms with Crippen LogP contribution >= 0.6 is 22.9 Å². The van der Waals surface area contributed by atoms with E-state index in [-0.39, 0.29) is 18.2 Å². The third-order valence-corrected chi connectivity index (χ3v) is 4.81. The quantitative estimate of drug-likeness (QED) is 0.313. The van der Waals surface area contributed by atoms with Gasteiger partial charge in [-0.15, -0.1) is 11.3 Å². The lowest BCUT2D eigenvalue weighted by Crippen LogP contribution is -2.41. The van der Waals surface area contributed by atoms with Gasteiger partial charge in [0.1, 0.15) is 10.6 Å². The summed E-state index contributed by atoms with van der Waals surface area (Å²) in [7, 11) is 0. The first kappa shape index (κ1) is 22.8. The summed E-state index contributed by atoms with van der Waals surface area (Å²) in [6.45, 7) is 2.23. The van der Waals surface area contributed by atoms with Gasteiger partial charge in [-0.05, 0) is 32.0 Å². The van der Waals surface area contributed by atoms with Gasteiger partial charge in [-0.1, -0.05) is 11.6 Å². The molecule has 0 spiro atoms. The van der Waals surface area contributed by atoms with Crippen LogP contribution in [-0.4, -0.2) is 43.1 Å². The summed E-state index contributed by atoms with van der Waals surface area (Å²) in [6, 6.07) is 4.39. The normalized spacial score (nSPS) is 11.4. The van der Waals surface area contributed by atoms with Gasteiger partial charge in [0.15, 0.2) is 5.96 Å². The molecule has 3 N–H and O–H groups in total. The third kappa shape index (κ3) is 7.47. The van der Waals surface area contributed by atoms with Crippen LogP contribution in [0.15, 0.2) is 28.7 Å². The predicted octanol–water partition coefficient (Wildman–Crippen LogP) is 3.19. The highest BCUT2D eigenvalue weighted by molar-refractivity contribution is 7.11. The number of hydrogen-bond acceptors (Lipinski definition) is 5. The van der Waals surface area contributed by atoms with Gasteiger partial charge in [0.25, 0.3) is 5.91 Å². The third-order valence-electron chi connectivity index (χ3n) is 3.65. The Hall–Kier alpha value is -2.46. The van der Waals surface area contributed by atoms with E-state index < -0.39 is 6.61 Å². The number of rotatable bonds is 9. The number of thiazole rings is 1. The van der Waals surface area contributed by atoms with Gasteiger partial charge in [-0.2, -0.15) is 8.78 Å². The highest BCUT2D eigenvalue weighted by Gasteiger charge is 2.12. The van der Waals surface area contributed by atoms with Gasteiger partial charge in [-0.25, -0.2) is 9.98 Å². The highest BCUT2D eigenvalue weighted by Crippen LogP contribution is 2.25. The fraction of sp³-hybridized carbons (Fsp3) is 0.389. The molecule has 0 atom stereocenters. The van der Waals surface area contributed by atoms with E-state index >= 15 is 0 Å². The van der Waals surface area contributed by atoms with Gasteiger partial charge in [0.05, 0.1) is 17.7 Å². The Morgan fingerprint density at radius 2 is 2.07 bits per heavy atom. The molecule has 0 aliphatic rings. The SMILES string of the molecule is CCNC(=NCc1cc(Cl)ccc1OC(F)F)NCCNC(=O)c1scnc1C. The molecule has 0 aliphatic carbocycles. The molecular formula is C18H22ClF2N5O2S. The number of aryl methyl sites for hydroxylation is 1. The van der Waals surface area contributed by atoms with Gasteiger partial charge < -0.3 is 20.7 Å². The number of halogens is 3. The second-order valence-corrected chi connectivity index (χ2v) is 7.07. The van der Waals surface area contributed by atoms with Crippen LogP contribution in [0.5, 0.6) is 5.75 Å². The minimum absolute atomic E-state index is 0.0242. The van der Waals surface area contributed by atoms with Crippen LogP contribution in [0, 0.1) is 6.92 Å². The van der Waals surface area contributed by atoms with E-state index in [1.54, 1.807) is 12.4 Å². The first-order chi connectivity index (χ1) is 13.9. The zero-order valence-corrected chi connectivity index (χ0v) is 17.5. The fourth-order valence-corrected chi connectivity index (χ4v) is 3.26. The van der Waals surface area contributed by atoms with E-state index in [0.717, 1.165) is 0 Å². The molecule has 0 bridgehead atoms. The van der Waals surface area contributed by atoms with Crippen molar-refractivity contribution in [1.29, 1.82) is 0 Å². The molecule has 0 saturated carbocycles. The second kappa shape index (κ2) is 11.5. The Labute approximate surface area is 176 Å². The lowest BCUT2D eigenvalue weighted by atomic mass is 10.2. The maximum Gasteiger partial charge on any atom is 0.387 e. The monoisotopic (exact) mass is 445 g/mol. The molecule has 158 valence electrons. The van der Waals surface area contributed by atoms with Crippen molar-refractivity contribution in [3.8, 4) is 5.75 Å². The van der Waals surface area contributed by atoms with Crippen molar-refractivity contribution in [2.45, 2.75) is 27.0 Å². The van der Waals surface area contributed by atoms with E-state index in [4.69, 9.17) is 11.6 Å². The number of hydrogen-bond donors (Lipinski definition) is 3. The van der Waals surface area contributed by atoms with Crippen molar-refractivity contribution >= 4 is 34.8 Å². The molecule has 1 heterocycles. The predicted molar refractivity (Wildman–Crippen MR) is 110 cm³/mol. The van der Waals surface area contributed by atoms with Crippen LogP contribution in [-0.2, 0) is 6.54 Å². The summed E-state index contributed by atoms with van der Waals surface area (Å²) in [4.78, 5) is 21.1. The standard InChI is InChI=1S/C18H22ClF2N5O2S/c1-3-22-18(24-7-6-23-16(27)15-11(2)26-10-29-15)25-9-12-8-13(19)4-5-14(12)28-17(20)21/h4-5,8,10,17H,3,6-7,9H2,1-2H3,(H,23,27)(H2,22,24,25). The van der Waals surface area contributed by atoms with Crippen molar-refractivity contribution in [2.75, 3.05) is 19.6 Å². The Morgan fingerprint density at radius 3 is 2.72 bits per heavy atom. The Bertz CT molecular complexity index is 847. The summed E-state index contributed by atoms with van der Waals surface area (Å²) < 4.78 is 29.6. The first-order valence-electron chi connectivity index (χ1n) is 8.84. The van der Waals surface area contributed by atoms with E-state index in [9.17, 15) is 13.6 Å². The Kier molecular flexibility index (Phi) is 9.07. The lowest BCUT2D eigenvalue weighted by molar-refractivity contribution is -0.0504. The van der Waals surface area contributed by atoms with Gasteiger partial charge in [0, 0.05) is 30.2 Å². The number of nitrogens with zero attached hydrogens (tertiary/aromatic N) is 2. The molecule has 0 unspecified atom stereocenters. The van der Waals surface area contributed by atoms with E-state index in [0.29, 0.717) is 46.8 Å². The van der Waals surface area contributed by atoms with Crippen molar-refractivity contribution in [1.82, 2.24) is 20.9 Å². The largest absolute Gasteiger partial charge is 0.434 e. The Morgan fingerprint density at radius 1 is 1.31 bits per heavy atom. The Balaban J connectivity index is 1.92. The van der Waals surface area contributed by atoms with Crippen LogP contribution in [0.3, 0.4) is 0 Å². The number of aliphatic imine (C=N–C) groups is 1. The van der Waals surface area contributed by atoms with Crippen LogP contribution in [0.4, 0.5) is 8.78 Å². The van der Waals surface area contributed by atoms with Crippen molar-refractivity contribution < 1.29 is 18.3 Å². The summed E-state index contributed by atoms with van der Waals surface area (Å²) >= 11 is 7.24. The molecule has 11 heteroatoms. The number of carbonyl (C=O) groups excluding carboxylic acids is 1. The van der Waals surface area contributed by atoms with E-state index in [1.807, 2.05) is 6.92 Å². The molecule has 1 aromatic carbocycles. The zero-order valence-electron chi connectivity index (χ0n) is 16.0. The number of amides is 1. The molecule has 2 aromatic rings. The van der Waals surface area contributed by atoms with Crippen molar-refractivity contribution in [2.24, 2.45) is 4.99 Å². The number of alkyl halides is 2. The molecule has 1 aromatic heterocycles. The van der Waals surface area contributed by atoms with Gasteiger partial charge >= 0.3 is 6.61 Å². The zero-order chi connectivity index (χ0) is 21.2. The second-order valence-electron chi connectivity index (χ2n) is 5.78. The minimum atomic E-state index is -2.93. The number of carbonyl (C=O) groups is 1. The average Bonchev–Trinajstić information content (AvgIpc) is 3.10. The van der Waals surface area contributed by atoms with Crippen molar-refractivity contribution in [3.05, 3.63) is 44.9 Å². The van der Waals surface area contributed by atoms with Crippen LogP contribution in [0.1, 0.15) is 27.9 Å². The van der Waals surface area contributed by atoms with Crippen LogP contribution in [0.25, 0.3) is 0 Å². The summed E-state index contributed by atoms with van der Waals surface area (Å²) in [5, 5.41) is 9.32. The smallest absolute Gasteiger partial charge is 0.387 e. The maximum atomic E-state index is 12.6. The van der Waals surface area contributed by atoms with E-state index in [1.165, 1.54) is 29.5 Å². The van der Waals surface area contributed by atoms with Crippen LogP contribution in [0.2, 0.25) is 5.02 Å². The summed E-state index contributed by atoms with van der Waals surface area (Å²) in [5.74, 6) is 0.316. The number of aromatic nitrogens is 1. The number of benzene rings is 1. The molecule has 0 saturated heterocycles. The summed E-state index contributed by atoms with van der Waals surface area (Å²) in [6.07, 6.45) is 0. The minimum Gasteiger partial charge on any atom is -0.434 e. The number of ether oxygens (including phenoxy) is 1. The topological polar surface area (TPSA) is 87.6 Å². The molecule has 0 radical (unpaired) electrons. The molecular weight excluding hydrogens is 424 g/mol. The number of guanidine groups is 1. The van der Waals surface area contributed by atoms with Crippen LogP contribution < -0.4 is 20.7 Å². The first-order valence-corrected chi connectivity index (χ1v) is 10.1. The average molecular weight is 446 g/mol. The van der Waals surface area contributed by atoms with Crippen molar-refractivity contribution in [3.63, 3.8) is 0 Å². The molecule has 0 aliphatic heterocycles. The van der Waals surface area contributed by atoms with Gasteiger partial charge in [0.2, 0.25) is 0 Å².